The quantitative estimate of drug-likeness (QED) is 0.862. The second kappa shape index (κ2) is 3.92. The Kier molecular flexibility index (Phi) is 2.73. The first-order valence-corrected chi connectivity index (χ1v) is 6.33. The number of aliphatic hydroxyl groups excluding tert-OH is 1. The van der Waals surface area contributed by atoms with Crippen LogP contribution < -0.4 is 4.74 Å². The van der Waals surface area contributed by atoms with Crippen LogP contribution in [0, 0.1) is 0 Å². The van der Waals surface area contributed by atoms with Gasteiger partial charge in [-0.25, -0.2) is 8.42 Å². The number of hydrogen-bond donors (Lipinski definition) is 1. The van der Waals surface area contributed by atoms with Crippen molar-refractivity contribution in [2.24, 2.45) is 0 Å². The van der Waals surface area contributed by atoms with Crippen LogP contribution in [0.25, 0.3) is 6.08 Å². The Morgan fingerprint density at radius 1 is 1.38 bits per heavy atom. The van der Waals surface area contributed by atoms with Crippen LogP contribution in [-0.4, -0.2) is 27.2 Å². The zero-order valence-electron chi connectivity index (χ0n) is 8.80. The van der Waals surface area contributed by atoms with Crippen molar-refractivity contribution in [3.63, 3.8) is 0 Å². The predicted molar refractivity (Wildman–Crippen MR) is 59.9 cm³/mol. The molecule has 0 amide bonds. The molecule has 0 aliphatic carbocycles. The lowest BCUT2D eigenvalue weighted by Crippen LogP contribution is -2.04. The van der Waals surface area contributed by atoms with Gasteiger partial charge in [-0.1, -0.05) is 12.1 Å². The summed E-state index contributed by atoms with van der Waals surface area (Å²) in [6.45, 7) is -0.179. The maximum Gasteiger partial charge on any atom is 0.207 e. The third-order valence-electron chi connectivity index (χ3n) is 2.52. The highest BCUT2D eigenvalue weighted by atomic mass is 32.2. The highest BCUT2D eigenvalue weighted by molar-refractivity contribution is 7.96. The number of methoxy groups -OCH3 is 1. The van der Waals surface area contributed by atoms with Crippen LogP contribution in [0.2, 0.25) is 0 Å². The van der Waals surface area contributed by atoms with E-state index in [2.05, 4.69) is 0 Å². The molecule has 0 bridgehead atoms. The van der Waals surface area contributed by atoms with Gasteiger partial charge in [-0.05, 0) is 17.7 Å². The topological polar surface area (TPSA) is 63.6 Å². The monoisotopic (exact) mass is 240 g/mol. The molecule has 0 radical (unpaired) electrons. The number of hydrogen-bond acceptors (Lipinski definition) is 4. The van der Waals surface area contributed by atoms with Crippen molar-refractivity contribution in [3.05, 3.63) is 28.7 Å². The first kappa shape index (κ1) is 11.2. The number of benzene rings is 1. The van der Waals surface area contributed by atoms with Crippen LogP contribution in [-0.2, 0) is 9.84 Å². The Hall–Kier alpha value is -1.33. The first-order valence-electron chi connectivity index (χ1n) is 4.85. The molecule has 86 valence electrons. The summed E-state index contributed by atoms with van der Waals surface area (Å²) in [4.78, 5) is 0.454. The highest BCUT2D eigenvalue weighted by Gasteiger charge is 2.32. The van der Waals surface area contributed by atoms with Crippen molar-refractivity contribution < 1.29 is 18.3 Å². The highest BCUT2D eigenvalue weighted by Crippen LogP contribution is 2.39. The zero-order chi connectivity index (χ0) is 11.8. The molecule has 0 saturated carbocycles. The van der Waals surface area contributed by atoms with Gasteiger partial charge in [-0.2, -0.15) is 0 Å². The Balaban J connectivity index is 2.62. The van der Waals surface area contributed by atoms with Gasteiger partial charge in [0.05, 0.1) is 12.0 Å². The molecule has 0 unspecified atom stereocenters. The largest absolute Gasteiger partial charge is 0.495 e. The molecule has 0 atom stereocenters. The Morgan fingerprint density at radius 3 is 2.75 bits per heavy atom. The summed E-state index contributed by atoms with van der Waals surface area (Å²) in [6, 6.07) is 5.08. The van der Waals surface area contributed by atoms with E-state index in [1.165, 1.54) is 7.11 Å². The molecule has 5 heteroatoms. The van der Waals surface area contributed by atoms with E-state index in [1.54, 1.807) is 24.3 Å². The molecule has 1 aromatic rings. The number of aliphatic hydroxyl groups is 1. The number of sulfone groups is 1. The summed E-state index contributed by atoms with van der Waals surface area (Å²) < 4.78 is 29.2. The maximum atomic E-state index is 12.1. The van der Waals surface area contributed by atoms with Crippen molar-refractivity contribution in [1.82, 2.24) is 0 Å². The van der Waals surface area contributed by atoms with E-state index in [0.29, 0.717) is 11.3 Å². The molecule has 4 nitrogen and oxygen atoms in total. The fourth-order valence-electron chi connectivity index (χ4n) is 1.79. The van der Waals surface area contributed by atoms with Crippen LogP contribution in [0.3, 0.4) is 0 Å². The fourth-order valence-corrected chi connectivity index (χ4v) is 3.55. The molecule has 1 heterocycles. The van der Waals surface area contributed by atoms with E-state index in [4.69, 9.17) is 9.84 Å². The maximum absolute atomic E-state index is 12.1. The fraction of sp³-hybridized carbons (Fsp3) is 0.273. The minimum absolute atomic E-state index is 0.139. The number of rotatable bonds is 3. The molecule has 1 N–H and O–H groups in total. The van der Waals surface area contributed by atoms with Gasteiger partial charge in [-0.15, -0.1) is 0 Å². The minimum Gasteiger partial charge on any atom is -0.495 e. The third kappa shape index (κ3) is 1.52. The van der Waals surface area contributed by atoms with Gasteiger partial charge in [0, 0.05) is 13.0 Å². The second-order valence-electron chi connectivity index (χ2n) is 3.47. The molecule has 1 aliphatic heterocycles. The summed E-state index contributed by atoms with van der Waals surface area (Å²) in [7, 11) is -2.04. The van der Waals surface area contributed by atoms with Gasteiger partial charge in [0.25, 0.3) is 0 Å². The summed E-state index contributed by atoms with van der Waals surface area (Å²) in [5.74, 6) is 0.349. The van der Waals surface area contributed by atoms with Crippen molar-refractivity contribution in [2.45, 2.75) is 11.3 Å². The van der Waals surface area contributed by atoms with Crippen LogP contribution >= 0.6 is 0 Å². The van der Waals surface area contributed by atoms with E-state index in [1.807, 2.05) is 0 Å². The lowest BCUT2D eigenvalue weighted by Gasteiger charge is -2.07. The standard InChI is InChI=1S/C11H12O4S/c1-15-10-4-2-3-8-7-9(5-6-12)16(13,14)11(8)10/h2-4,7,12H,5-6H2,1H3. The lowest BCUT2D eigenvalue weighted by molar-refractivity contribution is 0.301. The Bertz CT molecular complexity index is 543. The molecule has 0 spiro atoms. The van der Waals surface area contributed by atoms with Crippen molar-refractivity contribution in [2.75, 3.05) is 13.7 Å². The van der Waals surface area contributed by atoms with Crippen LogP contribution in [0.15, 0.2) is 28.0 Å². The predicted octanol–water partition coefficient (Wildman–Crippen LogP) is 1.21. The molecule has 1 aromatic carbocycles. The number of fused-ring (bicyclic) bond motifs is 1. The molecule has 16 heavy (non-hydrogen) atoms. The molecule has 0 saturated heterocycles. The summed E-state index contributed by atoms with van der Waals surface area (Å²) in [5, 5.41) is 8.83. The molecule has 1 aliphatic rings. The summed E-state index contributed by atoms with van der Waals surface area (Å²) in [6.07, 6.45) is 1.73. The van der Waals surface area contributed by atoms with Gasteiger partial charge < -0.3 is 9.84 Å². The van der Waals surface area contributed by atoms with Gasteiger partial charge in [0.2, 0.25) is 9.84 Å². The van der Waals surface area contributed by atoms with Gasteiger partial charge in [0.15, 0.2) is 0 Å². The van der Waals surface area contributed by atoms with Crippen molar-refractivity contribution in [1.29, 1.82) is 0 Å². The average Bonchev–Trinajstić information content (AvgIpc) is 2.52. The second-order valence-corrected chi connectivity index (χ2v) is 5.41. The van der Waals surface area contributed by atoms with Crippen LogP contribution in [0.5, 0.6) is 5.75 Å². The van der Waals surface area contributed by atoms with E-state index in [9.17, 15) is 8.42 Å². The van der Waals surface area contributed by atoms with E-state index in [0.717, 1.165) is 0 Å². The number of ether oxygens (including phenoxy) is 1. The Morgan fingerprint density at radius 2 is 2.12 bits per heavy atom. The zero-order valence-corrected chi connectivity index (χ0v) is 9.62. The first-order chi connectivity index (χ1) is 7.61. The lowest BCUT2D eigenvalue weighted by atomic mass is 10.2. The molecular formula is C11H12O4S. The van der Waals surface area contributed by atoms with Gasteiger partial charge in [0.1, 0.15) is 10.6 Å². The minimum atomic E-state index is -3.48. The van der Waals surface area contributed by atoms with Crippen molar-refractivity contribution in [3.8, 4) is 5.75 Å². The Labute approximate surface area is 94.1 Å². The van der Waals surface area contributed by atoms with Gasteiger partial charge in [-0.3, -0.25) is 0 Å². The van der Waals surface area contributed by atoms with Crippen LogP contribution in [0.4, 0.5) is 0 Å². The summed E-state index contributed by atoms with van der Waals surface area (Å²) >= 11 is 0. The molecule has 2 rings (SSSR count). The molecule has 0 fully saturated rings. The van der Waals surface area contributed by atoms with E-state index >= 15 is 0 Å². The molecular weight excluding hydrogens is 228 g/mol. The smallest absolute Gasteiger partial charge is 0.207 e. The third-order valence-corrected chi connectivity index (χ3v) is 4.50. The average molecular weight is 240 g/mol. The summed E-state index contributed by atoms with van der Waals surface area (Å²) in [5.41, 5.74) is 0.628. The van der Waals surface area contributed by atoms with Crippen LogP contribution in [0.1, 0.15) is 12.0 Å². The van der Waals surface area contributed by atoms with Gasteiger partial charge >= 0.3 is 0 Å². The van der Waals surface area contributed by atoms with Crippen molar-refractivity contribution >= 4 is 15.9 Å². The van der Waals surface area contributed by atoms with E-state index in [-0.39, 0.29) is 22.8 Å². The van der Waals surface area contributed by atoms with E-state index < -0.39 is 9.84 Å². The normalized spacial score (nSPS) is 16.8. The SMILES string of the molecule is COc1cccc2c1S(=O)(=O)C(CCO)=C2. The molecule has 0 aromatic heterocycles.